The molecule has 0 aromatic heterocycles. The molecule has 0 aromatic carbocycles. The van der Waals surface area contributed by atoms with Crippen LogP contribution in [0.25, 0.3) is 0 Å². The number of nitrogens with zero attached hydrogens (tertiary/aromatic N) is 1. The number of morpholine rings is 1. The molecule has 2 aliphatic heterocycles. The molecule has 17 heavy (non-hydrogen) atoms. The van der Waals surface area contributed by atoms with Gasteiger partial charge in [-0.1, -0.05) is 0 Å². The van der Waals surface area contributed by atoms with Crippen molar-refractivity contribution in [1.82, 2.24) is 10.2 Å². The molecule has 0 radical (unpaired) electrons. The minimum Gasteiger partial charge on any atom is -0.372 e. The summed E-state index contributed by atoms with van der Waals surface area (Å²) in [7, 11) is 0. The van der Waals surface area contributed by atoms with Gasteiger partial charge in [0.25, 0.3) is 0 Å². The first kappa shape index (κ1) is 14.7. The number of halogens is 1. The van der Waals surface area contributed by atoms with Gasteiger partial charge in [0, 0.05) is 25.6 Å². The Morgan fingerprint density at radius 1 is 1.53 bits per heavy atom. The molecule has 0 aromatic rings. The number of carbonyl (C=O) groups excluding carboxylic acids is 1. The van der Waals surface area contributed by atoms with Crippen LogP contribution in [0.15, 0.2) is 0 Å². The molecular weight excluding hydrogens is 240 g/mol. The number of nitrogens with one attached hydrogen (secondary N) is 1. The first-order valence-electron chi connectivity index (χ1n) is 6.22. The third-order valence-electron chi connectivity index (χ3n) is 3.36. The lowest BCUT2D eigenvalue weighted by Gasteiger charge is -2.38. The van der Waals surface area contributed by atoms with Crippen LogP contribution in [0.3, 0.4) is 0 Å². The average Bonchev–Trinajstić information content (AvgIpc) is 2.69. The lowest BCUT2D eigenvalue weighted by molar-refractivity contribution is -0.146. The standard InChI is InChI=1S/C12H22N2O2.ClH/c1-12(2)9-14(6-7-16-12)11(15)8-10-4-3-5-13-10;/h10,13H,3-9H2,1-2H3;1H. The van der Waals surface area contributed by atoms with Crippen LogP contribution in [-0.4, -0.2) is 48.7 Å². The summed E-state index contributed by atoms with van der Waals surface area (Å²) in [4.78, 5) is 14.0. The summed E-state index contributed by atoms with van der Waals surface area (Å²) >= 11 is 0. The van der Waals surface area contributed by atoms with Gasteiger partial charge in [0.2, 0.25) is 5.91 Å². The highest BCUT2D eigenvalue weighted by Gasteiger charge is 2.31. The van der Waals surface area contributed by atoms with Crippen molar-refractivity contribution in [3.8, 4) is 0 Å². The average molecular weight is 263 g/mol. The van der Waals surface area contributed by atoms with E-state index in [0.717, 1.165) is 26.1 Å². The van der Waals surface area contributed by atoms with Crippen LogP contribution < -0.4 is 5.32 Å². The second-order valence-electron chi connectivity index (χ2n) is 5.42. The van der Waals surface area contributed by atoms with Crippen LogP contribution in [0, 0.1) is 0 Å². The van der Waals surface area contributed by atoms with E-state index in [0.29, 0.717) is 19.1 Å². The van der Waals surface area contributed by atoms with E-state index in [-0.39, 0.29) is 23.9 Å². The SMILES string of the molecule is CC1(C)CN(C(=O)CC2CCCN2)CCO1.Cl. The van der Waals surface area contributed by atoms with Crippen molar-refractivity contribution < 1.29 is 9.53 Å². The van der Waals surface area contributed by atoms with Crippen LogP contribution in [-0.2, 0) is 9.53 Å². The van der Waals surface area contributed by atoms with Crippen LogP contribution in [0.4, 0.5) is 0 Å². The lowest BCUT2D eigenvalue weighted by Crippen LogP contribution is -2.51. The van der Waals surface area contributed by atoms with Crippen molar-refractivity contribution in [2.45, 2.75) is 44.8 Å². The maximum absolute atomic E-state index is 12.1. The molecule has 100 valence electrons. The number of hydrogen-bond donors (Lipinski definition) is 1. The summed E-state index contributed by atoms with van der Waals surface area (Å²) in [6, 6.07) is 0.401. The molecule has 0 saturated carbocycles. The van der Waals surface area contributed by atoms with E-state index in [4.69, 9.17) is 4.74 Å². The molecule has 2 aliphatic rings. The minimum atomic E-state index is -0.184. The van der Waals surface area contributed by atoms with E-state index in [9.17, 15) is 4.79 Å². The Kier molecular flexibility index (Phi) is 5.22. The second-order valence-corrected chi connectivity index (χ2v) is 5.42. The molecule has 2 rings (SSSR count). The van der Waals surface area contributed by atoms with Gasteiger partial charge in [0.05, 0.1) is 12.2 Å². The zero-order chi connectivity index (χ0) is 11.6. The molecule has 2 saturated heterocycles. The number of carbonyl (C=O) groups is 1. The van der Waals surface area contributed by atoms with Gasteiger partial charge in [-0.25, -0.2) is 0 Å². The summed E-state index contributed by atoms with van der Waals surface area (Å²) in [5, 5.41) is 3.37. The Labute approximate surface area is 109 Å². The van der Waals surface area contributed by atoms with Gasteiger partial charge in [0.1, 0.15) is 0 Å². The predicted molar refractivity (Wildman–Crippen MR) is 69.5 cm³/mol. The summed E-state index contributed by atoms with van der Waals surface area (Å²) < 4.78 is 5.61. The maximum atomic E-state index is 12.1. The monoisotopic (exact) mass is 262 g/mol. The molecule has 0 bridgehead atoms. The summed E-state index contributed by atoms with van der Waals surface area (Å²) in [6.45, 7) is 7.28. The fourth-order valence-electron chi connectivity index (χ4n) is 2.50. The third-order valence-corrected chi connectivity index (χ3v) is 3.36. The number of amides is 1. The molecule has 0 aliphatic carbocycles. The highest BCUT2D eigenvalue weighted by atomic mass is 35.5. The van der Waals surface area contributed by atoms with Gasteiger partial charge in [-0.05, 0) is 33.2 Å². The molecule has 2 fully saturated rings. The van der Waals surface area contributed by atoms with Gasteiger partial charge in [-0.3, -0.25) is 4.79 Å². The zero-order valence-electron chi connectivity index (χ0n) is 10.7. The van der Waals surface area contributed by atoms with Crippen molar-refractivity contribution in [1.29, 1.82) is 0 Å². The van der Waals surface area contributed by atoms with E-state index in [2.05, 4.69) is 5.32 Å². The largest absolute Gasteiger partial charge is 0.372 e. The van der Waals surface area contributed by atoms with Crippen molar-refractivity contribution in [2.75, 3.05) is 26.2 Å². The van der Waals surface area contributed by atoms with Crippen molar-refractivity contribution in [2.24, 2.45) is 0 Å². The summed E-state index contributed by atoms with van der Waals surface area (Å²) in [5.74, 6) is 0.274. The lowest BCUT2D eigenvalue weighted by atomic mass is 10.1. The Morgan fingerprint density at radius 2 is 2.29 bits per heavy atom. The molecule has 1 N–H and O–H groups in total. The van der Waals surface area contributed by atoms with E-state index < -0.39 is 0 Å². The fraction of sp³-hybridized carbons (Fsp3) is 0.917. The summed E-state index contributed by atoms with van der Waals surface area (Å²) in [6.07, 6.45) is 2.99. The van der Waals surface area contributed by atoms with E-state index in [1.54, 1.807) is 0 Å². The quantitative estimate of drug-likeness (QED) is 0.813. The third kappa shape index (κ3) is 4.12. The normalized spacial score (nSPS) is 27.6. The van der Waals surface area contributed by atoms with Gasteiger partial charge >= 0.3 is 0 Å². The smallest absolute Gasteiger partial charge is 0.224 e. The van der Waals surface area contributed by atoms with Crippen molar-refractivity contribution >= 4 is 18.3 Å². The Balaban J connectivity index is 0.00000144. The highest BCUT2D eigenvalue weighted by Crippen LogP contribution is 2.18. The second kappa shape index (κ2) is 6.03. The molecule has 1 atom stereocenters. The zero-order valence-corrected chi connectivity index (χ0v) is 11.5. The molecule has 1 amide bonds. The predicted octanol–water partition coefficient (Wildman–Crippen LogP) is 1.19. The first-order valence-corrected chi connectivity index (χ1v) is 6.22. The van der Waals surface area contributed by atoms with Gasteiger partial charge < -0.3 is 15.0 Å². The summed E-state index contributed by atoms with van der Waals surface area (Å²) in [5.41, 5.74) is -0.184. The Morgan fingerprint density at radius 3 is 2.88 bits per heavy atom. The van der Waals surface area contributed by atoms with Crippen molar-refractivity contribution in [3.63, 3.8) is 0 Å². The molecule has 2 heterocycles. The van der Waals surface area contributed by atoms with Crippen LogP contribution in [0.2, 0.25) is 0 Å². The number of ether oxygens (including phenoxy) is 1. The highest BCUT2D eigenvalue weighted by molar-refractivity contribution is 5.85. The van der Waals surface area contributed by atoms with Gasteiger partial charge in [-0.15, -0.1) is 12.4 Å². The molecular formula is C12H23ClN2O2. The molecule has 1 unspecified atom stereocenters. The van der Waals surface area contributed by atoms with E-state index in [1.165, 1.54) is 6.42 Å². The van der Waals surface area contributed by atoms with E-state index >= 15 is 0 Å². The number of rotatable bonds is 2. The minimum absolute atomic E-state index is 0. The number of hydrogen-bond acceptors (Lipinski definition) is 3. The topological polar surface area (TPSA) is 41.6 Å². The van der Waals surface area contributed by atoms with Crippen LogP contribution in [0.5, 0.6) is 0 Å². The van der Waals surface area contributed by atoms with Gasteiger partial charge in [-0.2, -0.15) is 0 Å². The molecule has 5 heteroatoms. The van der Waals surface area contributed by atoms with Gasteiger partial charge in [0.15, 0.2) is 0 Å². The molecule has 0 spiro atoms. The van der Waals surface area contributed by atoms with Crippen LogP contribution in [0.1, 0.15) is 33.1 Å². The first-order chi connectivity index (χ1) is 7.57. The fourth-order valence-corrected chi connectivity index (χ4v) is 2.50. The van der Waals surface area contributed by atoms with Crippen LogP contribution >= 0.6 is 12.4 Å². The Bertz CT molecular complexity index is 265. The van der Waals surface area contributed by atoms with Crippen molar-refractivity contribution in [3.05, 3.63) is 0 Å². The maximum Gasteiger partial charge on any atom is 0.224 e. The Hall–Kier alpha value is -0.320. The molecule has 4 nitrogen and oxygen atoms in total. The van der Waals surface area contributed by atoms with E-state index in [1.807, 2.05) is 18.7 Å².